The fourth-order valence-electron chi connectivity index (χ4n) is 2.33. The van der Waals surface area contributed by atoms with Crippen LogP contribution in [0.15, 0.2) is 34.9 Å². The quantitative estimate of drug-likeness (QED) is 0.816. The van der Waals surface area contributed by atoms with Crippen molar-refractivity contribution in [1.82, 2.24) is 5.32 Å². The topological polar surface area (TPSA) is 86.7 Å². The lowest BCUT2D eigenvalue weighted by molar-refractivity contribution is 0.0939. The van der Waals surface area contributed by atoms with Crippen molar-refractivity contribution >= 4 is 5.91 Å². The highest BCUT2D eigenvalue weighted by Gasteiger charge is 2.14. The third-order valence-corrected chi connectivity index (χ3v) is 3.48. The molecule has 2 aromatic rings. The highest BCUT2D eigenvalue weighted by atomic mass is 16.5. The second kappa shape index (κ2) is 7.69. The monoisotopic (exact) mass is 318 g/mol. The molecule has 6 heteroatoms. The zero-order chi connectivity index (χ0) is 16.8. The van der Waals surface area contributed by atoms with E-state index in [1.807, 2.05) is 25.1 Å². The molecule has 0 aliphatic heterocycles. The number of rotatable bonds is 7. The molecule has 1 aromatic heterocycles. The minimum absolute atomic E-state index is 0.0446. The molecule has 1 amide bonds. The van der Waals surface area contributed by atoms with E-state index in [9.17, 15) is 4.79 Å². The summed E-state index contributed by atoms with van der Waals surface area (Å²) in [6.45, 7) is 2.22. The molecule has 1 aromatic carbocycles. The average Bonchev–Trinajstić information content (AvgIpc) is 3.03. The number of furan rings is 1. The highest BCUT2D eigenvalue weighted by molar-refractivity contribution is 5.94. The summed E-state index contributed by atoms with van der Waals surface area (Å²) in [5.74, 6) is 1.76. The lowest BCUT2D eigenvalue weighted by Gasteiger charge is -2.15. The molecule has 0 fully saturated rings. The van der Waals surface area contributed by atoms with Gasteiger partial charge in [-0.3, -0.25) is 4.79 Å². The van der Waals surface area contributed by atoms with Gasteiger partial charge in [0.2, 0.25) is 0 Å². The number of benzene rings is 1. The zero-order valence-electron chi connectivity index (χ0n) is 13.6. The third-order valence-electron chi connectivity index (χ3n) is 3.48. The molecule has 0 radical (unpaired) electrons. The Hall–Kier alpha value is -2.47. The minimum atomic E-state index is -0.179. The molecular weight excluding hydrogens is 296 g/mol. The Balaban J connectivity index is 1.98. The van der Waals surface area contributed by atoms with Crippen LogP contribution in [0.25, 0.3) is 0 Å². The van der Waals surface area contributed by atoms with E-state index in [1.165, 1.54) is 6.26 Å². The summed E-state index contributed by atoms with van der Waals surface area (Å²) in [5.41, 5.74) is 6.99. The summed E-state index contributed by atoms with van der Waals surface area (Å²) in [7, 11) is 3.20. The Morgan fingerprint density at radius 3 is 2.61 bits per heavy atom. The van der Waals surface area contributed by atoms with E-state index in [0.717, 1.165) is 5.56 Å². The van der Waals surface area contributed by atoms with E-state index < -0.39 is 0 Å². The average molecular weight is 318 g/mol. The van der Waals surface area contributed by atoms with E-state index in [0.29, 0.717) is 29.2 Å². The fourth-order valence-corrected chi connectivity index (χ4v) is 2.33. The summed E-state index contributed by atoms with van der Waals surface area (Å²) in [4.78, 5) is 12.1. The first kappa shape index (κ1) is 16.9. The molecule has 3 N–H and O–H groups in total. The second-order valence-electron chi connectivity index (χ2n) is 5.27. The van der Waals surface area contributed by atoms with Crippen LogP contribution in [-0.4, -0.2) is 26.2 Å². The lowest BCUT2D eigenvalue weighted by atomic mass is 10.1. The maximum absolute atomic E-state index is 12.1. The van der Waals surface area contributed by atoms with Crippen LogP contribution in [0.3, 0.4) is 0 Å². The Kier molecular flexibility index (Phi) is 5.65. The van der Waals surface area contributed by atoms with Gasteiger partial charge in [0.1, 0.15) is 12.0 Å². The van der Waals surface area contributed by atoms with Crippen LogP contribution in [0.1, 0.15) is 28.6 Å². The highest BCUT2D eigenvalue weighted by Crippen LogP contribution is 2.28. The maximum Gasteiger partial charge on any atom is 0.254 e. The molecule has 1 unspecified atom stereocenters. The number of hydrogen-bond donors (Lipinski definition) is 2. The van der Waals surface area contributed by atoms with E-state index in [1.54, 1.807) is 20.3 Å². The van der Waals surface area contributed by atoms with Gasteiger partial charge in [-0.25, -0.2) is 0 Å². The number of hydrogen-bond acceptors (Lipinski definition) is 5. The van der Waals surface area contributed by atoms with Crippen LogP contribution in [0.2, 0.25) is 0 Å². The first-order valence-electron chi connectivity index (χ1n) is 7.36. The number of nitrogens with two attached hydrogens (primary N) is 1. The minimum Gasteiger partial charge on any atom is -0.493 e. The van der Waals surface area contributed by atoms with E-state index >= 15 is 0 Å². The Labute approximate surface area is 135 Å². The summed E-state index contributed by atoms with van der Waals surface area (Å²) >= 11 is 0. The normalized spacial score (nSPS) is 11.8. The van der Waals surface area contributed by atoms with Crippen molar-refractivity contribution in [2.75, 3.05) is 14.2 Å². The molecule has 1 heterocycles. The molecule has 0 saturated heterocycles. The molecule has 1 atom stereocenters. The van der Waals surface area contributed by atoms with Crippen LogP contribution in [0.5, 0.6) is 11.5 Å². The number of amides is 1. The van der Waals surface area contributed by atoms with Gasteiger partial charge in [-0.15, -0.1) is 0 Å². The largest absolute Gasteiger partial charge is 0.493 e. The maximum atomic E-state index is 12.1. The van der Waals surface area contributed by atoms with Crippen molar-refractivity contribution in [3.63, 3.8) is 0 Å². The smallest absolute Gasteiger partial charge is 0.254 e. The molecule has 6 nitrogen and oxygen atoms in total. The number of ether oxygens (including phenoxy) is 2. The van der Waals surface area contributed by atoms with Gasteiger partial charge in [0.05, 0.1) is 26.3 Å². The summed E-state index contributed by atoms with van der Waals surface area (Å²) in [5, 5.41) is 2.94. The van der Waals surface area contributed by atoms with Gasteiger partial charge < -0.3 is 24.9 Å². The van der Waals surface area contributed by atoms with E-state index in [4.69, 9.17) is 19.6 Å². The van der Waals surface area contributed by atoms with Gasteiger partial charge in [0, 0.05) is 6.04 Å². The van der Waals surface area contributed by atoms with Gasteiger partial charge in [0.25, 0.3) is 5.91 Å². The molecule has 124 valence electrons. The molecule has 0 aliphatic carbocycles. The molecular formula is C17H22N2O4. The summed E-state index contributed by atoms with van der Waals surface area (Å²) < 4.78 is 15.7. The molecule has 0 saturated carbocycles. The van der Waals surface area contributed by atoms with Crippen LogP contribution in [0.4, 0.5) is 0 Å². The Bertz CT molecular complexity index is 666. The van der Waals surface area contributed by atoms with Crippen molar-refractivity contribution in [1.29, 1.82) is 0 Å². The molecule has 2 rings (SSSR count). The summed E-state index contributed by atoms with van der Waals surface area (Å²) in [6, 6.07) is 7.32. The van der Waals surface area contributed by atoms with Crippen molar-refractivity contribution in [3.05, 3.63) is 47.4 Å². The standard InChI is InChI=1S/C17H22N2O4/c1-11(19-17(20)13-8-14(9-18)23-10-13)6-12-4-5-15(21-2)16(7-12)22-3/h4-5,7-8,10-11H,6,9,18H2,1-3H3,(H,19,20). The van der Waals surface area contributed by atoms with Gasteiger partial charge in [-0.2, -0.15) is 0 Å². The van der Waals surface area contributed by atoms with E-state index in [2.05, 4.69) is 5.32 Å². The van der Waals surface area contributed by atoms with Crippen LogP contribution >= 0.6 is 0 Å². The van der Waals surface area contributed by atoms with Crippen LogP contribution in [0, 0.1) is 0 Å². The number of carbonyl (C=O) groups excluding carboxylic acids is 1. The molecule has 0 spiro atoms. The molecule has 0 bridgehead atoms. The van der Waals surface area contributed by atoms with Crippen LogP contribution in [-0.2, 0) is 13.0 Å². The first-order chi connectivity index (χ1) is 11.1. The first-order valence-corrected chi connectivity index (χ1v) is 7.36. The second-order valence-corrected chi connectivity index (χ2v) is 5.27. The van der Waals surface area contributed by atoms with Gasteiger partial charge >= 0.3 is 0 Å². The predicted molar refractivity (Wildman–Crippen MR) is 86.8 cm³/mol. The Morgan fingerprint density at radius 1 is 1.26 bits per heavy atom. The van der Waals surface area contributed by atoms with Gasteiger partial charge in [0.15, 0.2) is 11.5 Å². The van der Waals surface area contributed by atoms with Crippen molar-refractivity contribution in [3.8, 4) is 11.5 Å². The Morgan fingerprint density at radius 2 is 2.00 bits per heavy atom. The fraction of sp³-hybridized carbons (Fsp3) is 0.353. The third kappa shape index (κ3) is 4.26. The van der Waals surface area contributed by atoms with Gasteiger partial charge in [-0.1, -0.05) is 6.07 Å². The molecule has 23 heavy (non-hydrogen) atoms. The van der Waals surface area contributed by atoms with Crippen molar-refractivity contribution in [2.45, 2.75) is 25.9 Å². The van der Waals surface area contributed by atoms with Gasteiger partial charge in [-0.05, 0) is 37.1 Å². The number of nitrogens with one attached hydrogen (secondary N) is 1. The lowest BCUT2D eigenvalue weighted by Crippen LogP contribution is -2.33. The zero-order valence-corrected chi connectivity index (χ0v) is 13.6. The number of methoxy groups -OCH3 is 2. The van der Waals surface area contributed by atoms with Crippen LogP contribution < -0.4 is 20.5 Å². The summed E-state index contributed by atoms with van der Waals surface area (Å²) in [6.07, 6.45) is 2.09. The van der Waals surface area contributed by atoms with Crippen molar-refractivity contribution < 1.29 is 18.7 Å². The van der Waals surface area contributed by atoms with Crippen molar-refractivity contribution in [2.24, 2.45) is 5.73 Å². The number of carbonyl (C=O) groups is 1. The van der Waals surface area contributed by atoms with E-state index in [-0.39, 0.29) is 18.5 Å². The molecule has 0 aliphatic rings. The SMILES string of the molecule is COc1ccc(CC(C)NC(=O)c2coc(CN)c2)cc1OC. The predicted octanol–water partition coefficient (Wildman–Crippen LogP) is 2.12.